The number of nitrogens with two attached hydrogens (primary N) is 1. The van der Waals surface area contributed by atoms with Crippen molar-refractivity contribution in [3.63, 3.8) is 0 Å². The van der Waals surface area contributed by atoms with E-state index < -0.39 is 0 Å². The summed E-state index contributed by atoms with van der Waals surface area (Å²) < 4.78 is 0. The highest BCUT2D eigenvalue weighted by atomic mass is 127. The third-order valence-corrected chi connectivity index (χ3v) is 4.24. The molecule has 0 aliphatic carbocycles. The third-order valence-electron chi connectivity index (χ3n) is 4.24. The lowest BCUT2D eigenvalue weighted by atomic mass is 9.96. The van der Waals surface area contributed by atoms with Crippen molar-refractivity contribution in [2.24, 2.45) is 16.6 Å². The summed E-state index contributed by atoms with van der Waals surface area (Å²) in [4.78, 5) is 22.8. The first kappa shape index (κ1) is 22.5. The van der Waals surface area contributed by atoms with Gasteiger partial charge in [-0.3, -0.25) is 4.79 Å². The number of nitrogens with zero attached hydrogens (tertiary/aromatic N) is 3. The van der Waals surface area contributed by atoms with Gasteiger partial charge in [0.05, 0.1) is 6.54 Å². The van der Waals surface area contributed by atoms with Crippen molar-refractivity contribution in [2.45, 2.75) is 46.2 Å². The molecular formula is C18H31IN6O. The lowest BCUT2D eigenvalue weighted by molar-refractivity contribution is -0.122. The Morgan fingerprint density at radius 1 is 1.42 bits per heavy atom. The monoisotopic (exact) mass is 474 g/mol. The molecule has 1 fully saturated rings. The molecule has 4 N–H and O–H groups in total. The van der Waals surface area contributed by atoms with Gasteiger partial charge in [-0.25, -0.2) is 9.98 Å². The van der Waals surface area contributed by atoms with Gasteiger partial charge in [-0.2, -0.15) is 0 Å². The van der Waals surface area contributed by atoms with Gasteiger partial charge in [-0.05, 0) is 39.7 Å². The zero-order chi connectivity index (χ0) is 18.2. The molecule has 26 heavy (non-hydrogen) atoms. The van der Waals surface area contributed by atoms with E-state index in [4.69, 9.17) is 5.73 Å². The smallest absolute Gasteiger partial charge is 0.220 e. The molecule has 0 unspecified atom stereocenters. The second-order valence-corrected chi connectivity index (χ2v) is 6.64. The second-order valence-electron chi connectivity index (χ2n) is 6.64. The number of rotatable bonds is 6. The highest BCUT2D eigenvalue weighted by Gasteiger charge is 2.24. The van der Waals surface area contributed by atoms with Crippen LogP contribution in [0.5, 0.6) is 0 Å². The number of primary amides is 1. The van der Waals surface area contributed by atoms with Gasteiger partial charge in [0, 0.05) is 43.4 Å². The molecule has 2 rings (SSSR count). The van der Waals surface area contributed by atoms with Gasteiger partial charge >= 0.3 is 0 Å². The summed E-state index contributed by atoms with van der Waals surface area (Å²) in [5, 5.41) is 6.58. The number of hydrogen-bond acceptors (Lipinski definition) is 4. The van der Waals surface area contributed by atoms with Crippen LogP contribution >= 0.6 is 24.0 Å². The largest absolute Gasteiger partial charge is 0.369 e. The summed E-state index contributed by atoms with van der Waals surface area (Å²) in [5.74, 6) is 1.55. The highest BCUT2D eigenvalue weighted by molar-refractivity contribution is 14.0. The number of piperidine rings is 1. The fourth-order valence-corrected chi connectivity index (χ4v) is 2.97. The highest BCUT2D eigenvalue weighted by Crippen LogP contribution is 2.24. The van der Waals surface area contributed by atoms with Crippen LogP contribution in [0.25, 0.3) is 0 Å². The number of carbonyl (C=O) groups is 1. The zero-order valence-electron chi connectivity index (χ0n) is 15.9. The zero-order valence-corrected chi connectivity index (χ0v) is 18.2. The van der Waals surface area contributed by atoms with Gasteiger partial charge in [0.15, 0.2) is 5.96 Å². The predicted molar refractivity (Wildman–Crippen MR) is 117 cm³/mol. The van der Waals surface area contributed by atoms with Crippen LogP contribution in [0.1, 0.15) is 39.2 Å². The van der Waals surface area contributed by atoms with E-state index in [1.807, 2.05) is 6.07 Å². The van der Waals surface area contributed by atoms with E-state index in [9.17, 15) is 4.79 Å². The molecule has 1 aliphatic rings. The first-order chi connectivity index (χ1) is 12.0. The quantitative estimate of drug-likeness (QED) is 0.333. The number of pyridine rings is 1. The molecule has 0 saturated carbocycles. The Morgan fingerprint density at radius 2 is 2.12 bits per heavy atom. The molecule has 1 amide bonds. The number of carbonyl (C=O) groups excluding carboxylic acids is 1. The van der Waals surface area contributed by atoms with E-state index in [1.54, 1.807) is 6.20 Å². The minimum atomic E-state index is -0.194. The maximum absolute atomic E-state index is 11.3. The summed E-state index contributed by atoms with van der Waals surface area (Å²) >= 11 is 0. The third kappa shape index (κ3) is 6.62. The van der Waals surface area contributed by atoms with Gasteiger partial charge in [0.25, 0.3) is 0 Å². The fourth-order valence-electron chi connectivity index (χ4n) is 2.97. The molecule has 0 bridgehead atoms. The van der Waals surface area contributed by atoms with E-state index in [2.05, 4.69) is 52.3 Å². The molecule has 2 heterocycles. The molecule has 0 spiro atoms. The van der Waals surface area contributed by atoms with Crippen LogP contribution in [0, 0.1) is 5.92 Å². The number of anilines is 1. The number of amides is 1. The maximum atomic E-state index is 11.3. The molecule has 1 aromatic heterocycles. The number of aromatic nitrogens is 1. The summed E-state index contributed by atoms with van der Waals surface area (Å²) in [6, 6.07) is 4.32. The van der Waals surface area contributed by atoms with Crippen molar-refractivity contribution in [1.29, 1.82) is 0 Å². The number of hydrogen-bond donors (Lipinski definition) is 3. The predicted octanol–water partition coefficient (Wildman–Crippen LogP) is 1.86. The van der Waals surface area contributed by atoms with E-state index in [0.29, 0.717) is 12.6 Å². The molecule has 1 aromatic rings. The SMILES string of the molecule is CCNC(=NCc1cccnc1N1CCC(C(N)=O)CC1)NC(C)C.I. The van der Waals surface area contributed by atoms with E-state index in [1.165, 1.54) is 0 Å². The van der Waals surface area contributed by atoms with Crippen molar-refractivity contribution in [3.8, 4) is 0 Å². The minimum Gasteiger partial charge on any atom is -0.369 e. The van der Waals surface area contributed by atoms with E-state index in [-0.39, 0.29) is 35.8 Å². The van der Waals surface area contributed by atoms with Crippen molar-refractivity contribution in [2.75, 3.05) is 24.5 Å². The van der Waals surface area contributed by atoms with Gasteiger partial charge < -0.3 is 21.3 Å². The Bertz CT molecular complexity index is 599. The van der Waals surface area contributed by atoms with Gasteiger partial charge in [0.2, 0.25) is 5.91 Å². The van der Waals surface area contributed by atoms with Crippen LogP contribution in [-0.4, -0.2) is 42.5 Å². The van der Waals surface area contributed by atoms with Crippen molar-refractivity contribution >= 4 is 41.7 Å². The van der Waals surface area contributed by atoms with Gasteiger partial charge in [-0.15, -0.1) is 24.0 Å². The molecule has 1 aliphatic heterocycles. The second kappa shape index (κ2) is 11.2. The van der Waals surface area contributed by atoms with Crippen molar-refractivity contribution < 1.29 is 4.79 Å². The standard InChI is InChI=1S/C18H30N6O.HI/c1-4-20-18(23-13(2)3)22-12-15-6-5-9-21-17(15)24-10-7-14(8-11-24)16(19)25;/h5-6,9,13-14H,4,7-8,10-12H2,1-3H3,(H2,19,25)(H2,20,22,23);1H. The Hall–Kier alpha value is -1.58. The normalized spacial score (nSPS) is 15.5. The summed E-state index contributed by atoms with van der Waals surface area (Å²) in [6.07, 6.45) is 3.37. The van der Waals surface area contributed by atoms with Crippen LogP contribution in [0.15, 0.2) is 23.3 Å². The van der Waals surface area contributed by atoms with Crippen molar-refractivity contribution in [3.05, 3.63) is 23.9 Å². The average Bonchev–Trinajstić information content (AvgIpc) is 2.60. The Morgan fingerprint density at radius 3 is 2.69 bits per heavy atom. The van der Waals surface area contributed by atoms with Crippen LogP contribution in [0.3, 0.4) is 0 Å². The number of guanidine groups is 1. The Kier molecular flexibility index (Phi) is 9.68. The summed E-state index contributed by atoms with van der Waals surface area (Å²) in [7, 11) is 0. The van der Waals surface area contributed by atoms with Gasteiger partial charge in [0.1, 0.15) is 5.82 Å². The molecule has 7 nitrogen and oxygen atoms in total. The van der Waals surface area contributed by atoms with Gasteiger partial charge in [-0.1, -0.05) is 6.07 Å². The summed E-state index contributed by atoms with van der Waals surface area (Å²) in [5.41, 5.74) is 6.51. The Balaban J connectivity index is 0.00000338. The topological polar surface area (TPSA) is 95.6 Å². The number of halogens is 1. The molecule has 1 saturated heterocycles. The van der Waals surface area contributed by atoms with E-state index in [0.717, 1.165) is 49.8 Å². The Labute approximate surface area is 173 Å². The lowest BCUT2D eigenvalue weighted by Crippen LogP contribution is -2.41. The first-order valence-corrected chi connectivity index (χ1v) is 9.04. The lowest BCUT2D eigenvalue weighted by Gasteiger charge is -2.32. The van der Waals surface area contributed by atoms with Crippen LogP contribution in [0.4, 0.5) is 5.82 Å². The molecule has 0 atom stereocenters. The molecule has 8 heteroatoms. The minimum absolute atomic E-state index is 0. The molecule has 0 aromatic carbocycles. The molecule has 0 radical (unpaired) electrons. The van der Waals surface area contributed by atoms with Crippen LogP contribution < -0.4 is 21.3 Å². The van der Waals surface area contributed by atoms with Crippen LogP contribution in [0.2, 0.25) is 0 Å². The van der Waals surface area contributed by atoms with E-state index >= 15 is 0 Å². The maximum Gasteiger partial charge on any atom is 0.220 e. The first-order valence-electron chi connectivity index (χ1n) is 9.04. The number of aliphatic imine (C=N–C) groups is 1. The average molecular weight is 474 g/mol. The van der Waals surface area contributed by atoms with Crippen LogP contribution in [-0.2, 0) is 11.3 Å². The molecular weight excluding hydrogens is 443 g/mol. The molecule has 146 valence electrons. The van der Waals surface area contributed by atoms with Crippen molar-refractivity contribution in [1.82, 2.24) is 15.6 Å². The number of nitrogens with one attached hydrogen (secondary N) is 2. The summed E-state index contributed by atoms with van der Waals surface area (Å²) in [6.45, 7) is 9.20. The fraction of sp³-hybridized carbons (Fsp3) is 0.611.